The number of ether oxygens (including phenoxy) is 3. The fourth-order valence-electron chi connectivity index (χ4n) is 3.91. The maximum absolute atomic E-state index is 12.6. The summed E-state index contributed by atoms with van der Waals surface area (Å²) in [5.41, 5.74) is 2.19. The molecule has 1 amide bonds. The Hall–Kier alpha value is -2.53. The SMILES string of the molecule is O=C1C[C@@H](c2ccc3c(c2)OCO3)[C@H]2OC[C@H](c3ccccc3)N12. The second kappa shape index (κ2) is 5.24. The Morgan fingerprint density at radius 2 is 1.79 bits per heavy atom. The molecule has 0 bridgehead atoms. The highest BCUT2D eigenvalue weighted by Crippen LogP contribution is 2.46. The molecule has 3 aliphatic heterocycles. The molecule has 5 rings (SSSR count). The standard InChI is InChI=1S/C19H17NO4/c21-18-9-14(13-6-7-16-17(8-13)24-11-23-16)19-20(18)15(10-22-19)12-4-2-1-3-5-12/h1-8,14-15,19H,9-11H2/t14-,15+,19+/m0/s1. The minimum absolute atomic E-state index is 0.00251. The molecule has 0 aromatic heterocycles. The van der Waals surface area contributed by atoms with Crippen molar-refractivity contribution in [2.24, 2.45) is 0 Å². The van der Waals surface area contributed by atoms with Gasteiger partial charge in [0, 0.05) is 12.3 Å². The summed E-state index contributed by atoms with van der Waals surface area (Å²) in [6.45, 7) is 0.798. The normalized spacial score (nSPS) is 27.6. The van der Waals surface area contributed by atoms with Crippen LogP contribution in [-0.2, 0) is 9.53 Å². The summed E-state index contributed by atoms with van der Waals surface area (Å²) in [4.78, 5) is 14.6. The Morgan fingerprint density at radius 1 is 0.958 bits per heavy atom. The summed E-state index contributed by atoms with van der Waals surface area (Å²) in [5, 5.41) is 0. The van der Waals surface area contributed by atoms with Crippen molar-refractivity contribution in [1.29, 1.82) is 0 Å². The van der Waals surface area contributed by atoms with E-state index in [1.807, 2.05) is 41.3 Å². The van der Waals surface area contributed by atoms with Gasteiger partial charge in [-0.05, 0) is 23.3 Å². The van der Waals surface area contributed by atoms with Gasteiger partial charge in [0.25, 0.3) is 0 Å². The van der Waals surface area contributed by atoms with E-state index in [-0.39, 0.29) is 30.9 Å². The summed E-state index contributed by atoms with van der Waals surface area (Å²) in [6.07, 6.45) is 0.260. The van der Waals surface area contributed by atoms with Gasteiger partial charge in [0.15, 0.2) is 11.5 Å². The van der Waals surface area contributed by atoms with E-state index in [1.54, 1.807) is 0 Å². The van der Waals surface area contributed by atoms with Crippen molar-refractivity contribution in [3.63, 3.8) is 0 Å². The van der Waals surface area contributed by atoms with Crippen LogP contribution in [0.3, 0.4) is 0 Å². The van der Waals surface area contributed by atoms with E-state index < -0.39 is 0 Å². The first-order chi connectivity index (χ1) is 11.8. The average molecular weight is 323 g/mol. The van der Waals surface area contributed by atoms with Gasteiger partial charge in [-0.1, -0.05) is 36.4 Å². The minimum Gasteiger partial charge on any atom is -0.454 e. The Bertz CT molecular complexity index is 791. The predicted molar refractivity (Wildman–Crippen MR) is 85.7 cm³/mol. The molecule has 3 heterocycles. The van der Waals surface area contributed by atoms with E-state index in [2.05, 4.69) is 12.1 Å². The number of benzene rings is 2. The van der Waals surface area contributed by atoms with Crippen LogP contribution in [0.25, 0.3) is 0 Å². The largest absolute Gasteiger partial charge is 0.454 e. The molecule has 2 fully saturated rings. The van der Waals surface area contributed by atoms with Crippen molar-refractivity contribution >= 4 is 5.91 Å². The Balaban J connectivity index is 1.46. The zero-order valence-electron chi connectivity index (χ0n) is 13.1. The van der Waals surface area contributed by atoms with Gasteiger partial charge in [0.1, 0.15) is 6.23 Å². The van der Waals surface area contributed by atoms with Crippen LogP contribution in [0.5, 0.6) is 11.5 Å². The molecule has 122 valence electrons. The van der Waals surface area contributed by atoms with Gasteiger partial charge >= 0.3 is 0 Å². The first-order valence-electron chi connectivity index (χ1n) is 8.18. The molecule has 5 nitrogen and oxygen atoms in total. The van der Waals surface area contributed by atoms with Crippen molar-refractivity contribution in [2.45, 2.75) is 24.6 Å². The molecule has 2 aromatic rings. The lowest BCUT2D eigenvalue weighted by Gasteiger charge is -2.23. The van der Waals surface area contributed by atoms with E-state index >= 15 is 0 Å². The molecule has 3 aliphatic rings. The van der Waals surface area contributed by atoms with Crippen molar-refractivity contribution in [3.8, 4) is 11.5 Å². The highest BCUT2D eigenvalue weighted by atomic mass is 16.7. The van der Waals surface area contributed by atoms with Crippen molar-refractivity contribution in [3.05, 3.63) is 59.7 Å². The van der Waals surface area contributed by atoms with Crippen LogP contribution in [0.4, 0.5) is 0 Å². The van der Waals surface area contributed by atoms with E-state index in [1.165, 1.54) is 0 Å². The first kappa shape index (κ1) is 13.9. The number of fused-ring (bicyclic) bond motifs is 2. The van der Waals surface area contributed by atoms with Crippen LogP contribution >= 0.6 is 0 Å². The van der Waals surface area contributed by atoms with Gasteiger partial charge in [-0.15, -0.1) is 0 Å². The highest BCUT2D eigenvalue weighted by molar-refractivity contribution is 5.81. The second-order valence-corrected chi connectivity index (χ2v) is 6.37. The third-order valence-electron chi connectivity index (χ3n) is 5.07. The number of amides is 1. The van der Waals surface area contributed by atoms with Gasteiger partial charge in [0.2, 0.25) is 12.7 Å². The Morgan fingerprint density at radius 3 is 2.67 bits per heavy atom. The van der Waals surface area contributed by atoms with Crippen LogP contribution in [0.2, 0.25) is 0 Å². The van der Waals surface area contributed by atoms with Gasteiger partial charge in [-0.25, -0.2) is 0 Å². The van der Waals surface area contributed by atoms with Gasteiger partial charge in [0.05, 0.1) is 12.6 Å². The first-order valence-corrected chi connectivity index (χ1v) is 8.18. The third kappa shape index (κ3) is 2.01. The van der Waals surface area contributed by atoms with Crippen LogP contribution in [0, 0.1) is 0 Å². The number of carbonyl (C=O) groups excluding carboxylic acids is 1. The summed E-state index contributed by atoms with van der Waals surface area (Å²) >= 11 is 0. The molecule has 2 aromatic carbocycles. The minimum atomic E-state index is -0.205. The summed E-state index contributed by atoms with van der Waals surface area (Å²) in [6, 6.07) is 16.0. The third-order valence-corrected chi connectivity index (χ3v) is 5.07. The van der Waals surface area contributed by atoms with Crippen LogP contribution in [0.1, 0.15) is 29.5 Å². The lowest BCUT2D eigenvalue weighted by Crippen LogP contribution is -2.31. The number of hydrogen-bond donors (Lipinski definition) is 0. The summed E-state index contributed by atoms with van der Waals surface area (Å²) in [7, 11) is 0. The van der Waals surface area contributed by atoms with Crippen LogP contribution in [-0.4, -0.2) is 30.4 Å². The topological polar surface area (TPSA) is 48.0 Å². The monoisotopic (exact) mass is 323 g/mol. The predicted octanol–water partition coefficient (Wildman–Crippen LogP) is 2.83. The lowest BCUT2D eigenvalue weighted by molar-refractivity contribution is -0.131. The van der Waals surface area contributed by atoms with Crippen molar-refractivity contribution < 1.29 is 19.0 Å². The Labute approximate surface area is 139 Å². The van der Waals surface area contributed by atoms with Gasteiger partial charge in [-0.2, -0.15) is 0 Å². The quantitative estimate of drug-likeness (QED) is 0.853. The fraction of sp³-hybridized carbons (Fsp3) is 0.316. The summed E-state index contributed by atoms with van der Waals surface area (Å²) < 4.78 is 16.9. The van der Waals surface area contributed by atoms with Crippen molar-refractivity contribution in [2.75, 3.05) is 13.4 Å². The molecule has 0 N–H and O–H groups in total. The number of nitrogens with zero attached hydrogens (tertiary/aromatic N) is 1. The molecule has 0 aliphatic carbocycles. The fourth-order valence-corrected chi connectivity index (χ4v) is 3.91. The van der Waals surface area contributed by atoms with E-state index in [9.17, 15) is 4.79 Å². The maximum Gasteiger partial charge on any atom is 0.231 e. The van der Waals surface area contributed by atoms with E-state index in [4.69, 9.17) is 14.2 Å². The number of carbonyl (C=O) groups is 1. The van der Waals surface area contributed by atoms with Crippen LogP contribution < -0.4 is 9.47 Å². The zero-order valence-corrected chi connectivity index (χ0v) is 13.1. The van der Waals surface area contributed by atoms with Gasteiger partial charge in [-0.3, -0.25) is 4.79 Å². The average Bonchev–Trinajstić information content (AvgIpc) is 3.32. The molecule has 5 heteroatoms. The van der Waals surface area contributed by atoms with E-state index in [0.717, 1.165) is 22.6 Å². The van der Waals surface area contributed by atoms with E-state index in [0.29, 0.717) is 13.0 Å². The molecular formula is C19H17NO4. The molecule has 24 heavy (non-hydrogen) atoms. The molecule has 0 saturated carbocycles. The molecule has 0 spiro atoms. The highest BCUT2D eigenvalue weighted by Gasteiger charge is 2.49. The molecule has 3 atom stereocenters. The molecule has 0 unspecified atom stereocenters. The summed E-state index contributed by atoms with van der Waals surface area (Å²) in [5.74, 6) is 1.68. The number of hydrogen-bond acceptors (Lipinski definition) is 4. The molecule has 0 radical (unpaired) electrons. The Kier molecular flexibility index (Phi) is 3.03. The van der Waals surface area contributed by atoms with Crippen molar-refractivity contribution in [1.82, 2.24) is 4.90 Å². The van der Waals surface area contributed by atoms with Crippen LogP contribution in [0.15, 0.2) is 48.5 Å². The smallest absolute Gasteiger partial charge is 0.231 e. The van der Waals surface area contributed by atoms with Gasteiger partial charge < -0.3 is 19.1 Å². The molecule has 2 saturated heterocycles. The number of rotatable bonds is 2. The lowest BCUT2D eigenvalue weighted by atomic mass is 9.96. The maximum atomic E-state index is 12.6. The zero-order chi connectivity index (χ0) is 16.1. The second-order valence-electron chi connectivity index (χ2n) is 6.37. The molecular weight excluding hydrogens is 306 g/mol.